The summed E-state index contributed by atoms with van der Waals surface area (Å²) in [5.74, 6) is -1.87. The quantitative estimate of drug-likeness (QED) is 0.621. The van der Waals surface area contributed by atoms with Gasteiger partial charge in [0.15, 0.2) is 0 Å². The van der Waals surface area contributed by atoms with Crippen LogP contribution < -0.4 is 0 Å². The number of aliphatic hydroxyl groups excluding tert-OH is 1. The SMILES string of the molecule is C=C(CCO)C(=O)O.CCC=C(C)C(=O)O. The number of aliphatic hydroxyl groups is 1. The highest BCUT2D eigenvalue weighted by molar-refractivity contribution is 5.86. The van der Waals surface area contributed by atoms with Crippen molar-refractivity contribution in [1.82, 2.24) is 0 Å². The fourth-order valence-electron chi connectivity index (χ4n) is 0.635. The Morgan fingerprint density at radius 1 is 1.25 bits per heavy atom. The van der Waals surface area contributed by atoms with Crippen molar-refractivity contribution in [3.63, 3.8) is 0 Å². The Morgan fingerprint density at radius 3 is 1.88 bits per heavy atom. The molecule has 0 rings (SSSR count). The van der Waals surface area contributed by atoms with Crippen molar-refractivity contribution in [2.24, 2.45) is 0 Å². The van der Waals surface area contributed by atoms with E-state index in [9.17, 15) is 9.59 Å². The van der Waals surface area contributed by atoms with Gasteiger partial charge in [0.05, 0.1) is 0 Å². The third kappa shape index (κ3) is 10.5. The maximum atomic E-state index is 10.0. The van der Waals surface area contributed by atoms with Crippen LogP contribution in [0.15, 0.2) is 23.8 Å². The molecule has 0 saturated heterocycles. The molecule has 0 fully saturated rings. The Balaban J connectivity index is 0. The Labute approximate surface area is 94.7 Å². The van der Waals surface area contributed by atoms with Crippen LogP contribution in [0.2, 0.25) is 0 Å². The lowest BCUT2D eigenvalue weighted by Gasteiger charge is -1.91. The topological polar surface area (TPSA) is 94.8 Å². The summed E-state index contributed by atoms with van der Waals surface area (Å²) in [6, 6.07) is 0. The summed E-state index contributed by atoms with van der Waals surface area (Å²) in [7, 11) is 0. The summed E-state index contributed by atoms with van der Waals surface area (Å²) < 4.78 is 0. The first-order valence-corrected chi connectivity index (χ1v) is 4.78. The van der Waals surface area contributed by atoms with Gasteiger partial charge in [0.1, 0.15) is 0 Å². The molecule has 0 aliphatic carbocycles. The summed E-state index contributed by atoms with van der Waals surface area (Å²) in [4.78, 5) is 19.9. The molecule has 0 unspecified atom stereocenters. The largest absolute Gasteiger partial charge is 0.478 e. The zero-order chi connectivity index (χ0) is 13.1. The van der Waals surface area contributed by atoms with Gasteiger partial charge in [0.2, 0.25) is 0 Å². The third-order valence-electron chi connectivity index (χ3n) is 1.56. The fourth-order valence-corrected chi connectivity index (χ4v) is 0.635. The number of allylic oxidation sites excluding steroid dienone is 1. The van der Waals surface area contributed by atoms with Crippen molar-refractivity contribution in [1.29, 1.82) is 0 Å². The van der Waals surface area contributed by atoms with Crippen LogP contribution in [0.3, 0.4) is 0 Å². The summed E-state index contributed by atoms with van der Waals surface area (Å²) in [5, 5.41) is 24.5. The number of hydrogen-bond acceptors (Lipinski definition) is 3. The van der Waals surface area contributed by atoms with E-state index in [1.54, 1.807) is 13.0 Å². The molecular formula is C11H18O5. The van der Waals surface area contributed by atoms with Crippen LogP contribution in [-0.4, -0.2) is 33.9 Å². The van der Waals surface area contributed by atoms with Gasteiger partial charge in [-0.05, 0) is 13.3 Å². The van der Waals surface area contributed by atoms with Crippen LogP contribution in [0.25, 0.3) is 0 Å². The summed E-state index contributed by atoms with van der Waals surface area (Å²) in [6.07, 6.45) is 2.62. The van der Waals surface area contributed by atoms with E-state index >= 15 is 0 Å². The van der Waals surface area contributed by atoms with E-state index in [0.717, 1.165) is 6.42 Å². The molecule has 0 saturated carbocycles. The van der Waals surface area contributed by atoms with E-state index in [1.165, 1.54) is 0 Å². The van der Waals surface area contributed by atoms with Crippen LogP contribution in [0, 0.1) is 0 Å². The van der Waals surface area contributed by atoms with E-state index < -0.39 is 11.9 Å². The predicted molar refractivity (Wildman–Crippen MR) is 60.2 cm³/mol. The molecule has 0 aromatic carbocycles. The molecule has 0 aromatic heterocycles. The van der Waals surface area contributed by atoms with Crippen LogP contribution in [-0.2, 0) is 9.59 Å². The van der Waals surface area contributed by atoms with Crippen molar-refractivity contribution < 1.29 is 24.9 Å². The normalized spacial score (nSPS) is 10.1. The van der Waals surface area contributed by atoms with E-state index in [-0.39, 0.29) is 18.6 Å². The number of carboxylic acids is 2. The maximum Gasteiger partial charge on any atom is 0.331 e. The molecule has 0 spiro atoms. The van der Waals surface area contributed by atoms with Crippen molar-refractivity contribution in [2.45, 2.75) is 26.7 Å². The van der Waals surface area contributed by atoms with E-state index in [1.807, 2.05) is 6.92 Å². The lowest BCUT2D eigenvalue weighted by molar-refractivity contribution is -0.133. The monoisotopic (exact) mass is 230 g/mol. The Morgan fingerprint density at radius 2 is 1.75 bits per heavy atom. The zero-order valence-electron chi connectivity index (χ0n) is 9.56. The highest BCUT2D eigenvalue weighted by Crippen LogP contribution is 1.94. The standard InChI is InChI=1S/C6H10O2.C5H8O3/c1-3-4-5(2)6(7)8;1-4(2-3-6)5(7)8/h4H,3H2,1-2H3,(H,7,8);6H,1-3H2,(H,7,8). The van der Waals surface area contributed by atoms with Crippen molar-refractivity contribution in [3.8, 4) is 0 Å². The second-order valence-electron chi connectivity index (χ2n) is 2.98. The van der Waals surface area contributed by atoms with Gasteiger partial charge in [-0.15, -0.1) is 0 Å². The first kappa shape index (κ1) is 16.8. The van der Waals surface area contributed by atoms with Gasteiger partial charge in [-0.25, -0.2) is 9.59 Å². The number of carboxylic acid groups (broad SMARTS) is 2. The van der Waals surface area contributed by atoms with Crippen LogP contribution in [0.4, 0.5) is 0 Å². The first-order valence-electron chi connectivity index (χ1n) is 4.78. The fraction of sp³-hybridized carbons (Fsp3) is 0.455. The Hall–Kier alpha value is -1.62. The third-order valence-corrected chi connectivity index (χ3v) is 1.56. The molecule has 0 aliphatic rings. The van der Waals surface area contributed by atoms with E-state index in [4.69, 9.17) is 15.3 Å². The Bertz CT molecular complexity index is 278. The maximum absolute atomic E-state index is 10.0. The average molecular weight is 230 g/mol. The molecule has 0 atom stereocenters. The molecule has 16 heavy (non-hydrogen) atoms. The number of rotatable bonds is 5. The van der Waals surface area contributed by atoms with Crippen LogP contribution in [0.1, 0.15) is 26.7 Å². The highest BCUT2D eigenvalue weighted by Gasteiger charge is 2.00. The number of aliphatic carboxylic acids is 2. The van der Waals surface area contributed by atoms with Gasteiger partial charge in [-0.3, -0.25) is 0 Å². The molecule has 0 bridgehead atoms. The van der Waals surface area contributed by atoms with Crippen molar-refractivity contribution in [3.05, 3.63) is 23.8 Å². The minimum Gasteiger partial charge on any atom is -0.478 e. The van der Waals surface area contributed by atoms with Crippen molar-refractivity contribution in [2.75, 3.05) is 6.61 Å². The van der Waals surface area contributed by atoms with Crippen LogP contribution in [0.5, 0.6) is 0 Å². The first-order chi connectivity index (χ1) is 7.36. The van der Waals surface area contributed by atoms with Gasteiger partial charge < -0.3 is 15.3 Å². The minimum absolute atomic E-state index is 0.0486. The van der Waals surface area contributed by atoms with Gasteiger partial charge in [0.25, 0.3) is 0 Å². The average Bonchev–Trinajstić information content (AvgIpc) is 2.19. The molecule has 0 heterocycles. The minimum atomic E-state index is -1.04. The molecular weight excluding hydrogens is 212 g/mol. The molecule has 0 radical (unpaired) electrons. The molecule has 0 aromatic rings. The lowest BCUT2D eigenvalue weighted by Crippen LogP contribution is -2.00. The van der Waals surface area contributed by atoms with E-state index in [2.05, 4.69) is 6.58 Å². The smallest absolute Gasteiger partial charge is 0.331 e. The molecule has 92 valence electrons. The predicted octanol–water partition coefficient (Wildman–Crippen LogP) is 1.44. The van der Waals surface area contributed by atoms with E-state index in [0.29, 0.717) is 5.57 Å². The Kier molecular flexibility index (Phi) is 10.4. The molecule has 5 heteroatoms. The van der Waals surface area contributed by atoms with Gasteiger partial charge in [-0.1, -0.05) is 19.6 Å². The summed E-state index contributed by atoms with van der Waals surface area (Å²) in [6.45, 7) is 6.54. The molecule has 0 aliphatic heterocycles. The van der Waals surface area contributed by atoms with Crippen molar-refractivity contribution >= 4 is 11.9 Å². The molecule has 5 nitrogen and oxygen atoms in total. The molecule has 3 N–H and O–H groups in total. The number of carbonyl (C=O) groups is 2. The second kappa shape index (κ2) is 9.92. The zero-order valence-corrected chi connectivity index (χ0v) is 9.56. The highest BCUT2D eigenvalue weighted by atomic mass is 16.4. The second-order valence-corrected chi connectivity index (χ2v) is 2.98. The van der Waals surface area contributed by atoms with Gasteiger partial charge in [-0.2, -0.15) is 0 Å². The summed E-state index contributed by atoms with van der Waals surface area (Å²) in [5.41, 5.74) is 0.472. The van der Waals surface area contributed by atoms with Crippen LogP contribution >= 0.6 is 0 Å². The summed E-state index contributed by atoms with van der Waals surface area (Å²) >= 11 is 0. The lowest BCUT2D eigenvalue weighted by atomic mass is 10.2. The molecule has 0 amide bonds. The van der Waals surface area contributed by atoms with Gasteiger partial charge >= 0.3 is 11.9 Å². The van der Waals surface area contributed by atoms with Gasteiger partial charge in [0, 0.05) is 24.2 Å². The number of hydrogen-bond donors (Lipinski definition) is 3.